The van der Waals surface area contributed by atoms with E-state index in [1.54, 1.807) is 6.20 Å². The van der Waals surface area contributed by atoms with Crippen LogP contribution in [-0.2, 0) is 4.79 Å². The zero-order valence-electron chi connectivity index (χ0n) is 11.5. The smallest absolute Gasteiger partial charge is 0.225 e. The number of fused-ring (bicyclic) bond motifs is 1. The summed E-state index contributed by atoms with van der Waals surface area (Å²) in [5.41, 5.74) is 13.6. The lowest BCUT2D eigenvalue weighted by atomic mass is 9.89. The van der Waals surface area contributed by atoms with Gasteiger partial charge in [-0.05, 0) is 19.4 Å². The fourth-order valence-corrected chi connectivity index (χ4v) is 2.85. The molecule has 104 valence electrons. The molecule has 3 rings (SSSR count). The molecule has 1 amide bonds. The number of carbonyl (C=O) groups is 1. The SMILES string of the molecule is CC1(C(N)=O)CCN(c2c(N)cnc3ccccc23)C1. The number of aromatic nitrogens is 1. The molecule has 1 aliphatic rings. The second-order valence-electron chi connectivity index (χ2n) is 5.68. The van der Waals surface area contributed by atoms with Crippen molar-refractivity contribution in [3.05, 3.63) is 30.5 Å². The van der Waals surface area contributed by atoms with Crippen LogP contribution in [0.5, 0.6) is 0 Å². The number of hydrogen-bond donors (Lipinski definition) is 2. The van der Waals surface area contributed by atoms with Crippen molar-refractivity contribution in [2.24, 2.45) is 11.1 Å². The van der Waals surface area contributed by atoms with Gasteiger partial charge < -0.3 is 16.4 Å². The van der Waals surface area contributed by atoms with E-state index in [0.717, 1.165) is 29.6 Å². The van der Waals surface area contributed by atoms with Crippen molar-refractivity contribution in [2.75, 3.05) is 23.7 Å². The molecule has 2 heterocycles. The number of anilines is 2. The normalized spacial score (nSPS) is 22.4. The van der Waals surface area contributed by atoms with Crippen LogP contribution in [0.25, 0.3) is 10.9 Å². The highest BCUT2D eigenvalue weighted by atomic mass is 16.1. The molecule has 2 aromatic rings. The fraction of sp³-hybridized carbons (Fsp3) is 0.333. The van der Waals surface area contributed by atoms with Crippen molar-refractivity contribution in [2.45, 2.75) is 13.3 Å². The summed E-state index contributed by atoms with van der Waals surface area (Å²) in [4.78, 5) is 18.1. The zero-order chi connectivity index (χ0) is 14.3. The monoisotopic (exact) mass is 270 g/mol. The Balaban J connectivity index is 2.08. The molecule has 5 heteroatoms. The number of nitrogens with zero attached hydrogens (tertiary/aromatic N) is 2. The summed E-state index contributed by atoms with van der Waals surface area (Å²) in [7, 11) is 0. The highest BCUT2D eigenvalue weighted by Gasteiger charge is 2.39. The van der Waals surface area contributed by atoms with Crippen molar-refractivity contribution < 1.29 is 4.79 Å². The molecule has 20 heavy (non-hydrogen) atoms. The van der Waals surface area contributed by atoms with Crippen LogP contribution in [0, 0.1) is 5.41 Å². The number of benzene rings is 1. The van der Waals surface area contributed by atoms with Crippen molar-refractivity contribution in [1.29, 1.82) is 0 Å². The van der Waals surface area contributed by atoms with Crippen LogP contribution in [0.3, 0.4) is 0 Å². The van der Waals surface area contributed by atoms with Gasteiger partial charge in [0.25, 0.3) is 0 Å². The third-order valence-corrected chi connectivity index (χ3v) is 4.16. The Morgan fingerprint density at radius 1 is 1.40 bits per heavy atom. The molecule has 0 aliphatic carbocycles. The number of hydrogen-bond acceptors (Lipinski definition) is 4. The van der Waals surface area contributed by atoms with Crippen LogP contribution in [0.1, 0.15) is 13.3 Å². The lowest BCUT2D eigenvalue weighted by Crippen LogP contribution is -2.37. The van der Waals surface area contributed by atoms with E-state index < -0.39 is 5.41 Å². The first-order chi connectivity index (χ1) is 9.51. The third kappa shape index (κ3) is 1.86. The first-order valence-electron chi connectivity index (χ1n) is 6.69. The molecule has 0 spiro atoms. The van der Waals surface area contributed by atoms with Gasteiger partial charge in [-0.25, -0.2) is 0 Å². The lowest BCUT2D eigenvalue weighted by molar-refractivity contribution is -0.125. The first kappa shape index (κ1) is 12.7. The molecule has 1 saturated heterocycles. The number of nitrogens with two attached hydrogens (primary N) is 2. The maximum absolute atomic E-state index is 11.6. The van der Waals surface area contributed by atoms with Crippen LogP contribution in [0.2, 0.25) is 0 Å². The predicted molar refractivity (Wildman–Crippen MR) is 80.3 cm³/mol. The molecule has 0 radical (unpaired) electrons. The molecule has 1 fully saturated rings. The second kappa shape index (κ2) is 4.37. The summed E-state index contributed by atoms with van der Waals surface area (Å²) in [5.74, 6) is -0.253. The Kier molecular flexibility index (Phi) is 2.78. The summed E-state index contributed by atoms with van der Waals surface area (Å²) in [6.45, 7) is 3.28. The van der Waals surface area contributed by atoms with E-state index in [9.17, 15) is 4.79 Å². The molecule has 1 unspecified atom stereocenters. The van der Waals surface area contributed by atoms with Crippen molar-refractivity contribution in [3.8, 4) is 0 Å². The summed E-state index contributed by atoms with van der Waals surface area (Å²) in [6.07, 6.45) is 2.43. The Labute approximate surface area is 117 Å². The summed E-state index contributed by atoms with van der Waals surface area (Å²) in [6, 6.07) is 7.89. The molecular weight excluding hydrogens is 252 g/mol. The average molecular weight is 270 g/mol. The predicted octanol–water partition coefficient (Wildman–Crippen LogP) is 1.52. The molecule has 0 saturated carbocycles. The minimum absolute atomic E-state index is 0.253. The molecule has 5 nitrogen and oxygen atoms in total. The molecule has 0 bridgehead atoms. The number of nitrogen functional groups attached to an aromatic ring is 1. The standard InChI is InChI=1S/C15H18N4O/c1-15(14(17)20)6-7-19(9-15)13-10-4-2-3-5-12(10)18-8-11(13)16/h2-5,8H,6-7,9,16H2,1H3,(H2,17,20). The van der Waals surface area contributed by atoms with Gasteiger partial charge in [-0.15, -0.1) is 0 Å². The second-order valence-corrected chi connectivity index (χ2v) is 5.68. The summed E-state index contributed by atoms with van der Waals surface area (Å²) >= 11 is 0. The van der Waals surface area contributed by atoms with Gasteiger partial charge in [0, 0.05) is 18.5 Å². The van der Waals surface area contributed by atoms with E-state index in [-0.39, 0.29) is 5.91 Å². The topological polar surface area (TPSA) is 85.2 Å². The van der Waals surface area contributed by atoms with Gasteiger partial charge in [0.1, 0.15) is 0 Å². The fourth-order valence-electron chi connectivity index (χ4n) is 2.85. The molecule has 1 aromatic heterocycles. The van der Waals surface area contributed by atoms with Crippen molar-refractivity contribution in [3.63, 3.8) is 0 Å². The maximum atomic E-state index is 11.6. The minimum Gasteiger partial charge on any atom is -0.396 e. The number of rotatable bonds is 2. The van der Waals surface area contributed by atoms with Crippen LogP contribution >= 0.6 is 0 Å². The van der Waals surface area contributed by atoms with Crippen molar-refractivity contribution in [1.82, 2.24) is 4.98 Å². The van der Waals surface area contributed by atoms with Gasteiger partial charge in [0.15, 0.2) is 0 Å². The average Bonchev–Trinajstić information content (AvgIpc) is 2.82. The Bertz CT molecular complexity index is 685. The molecule has 4 N–H and O–H groups in total. The lowest BCUT2D eigenvalue weighted by Gasteiger charge is -2.24. The quantitative estimate of drug-likeness (QED) is 0.866. The van der Waals surface area contributed by atoms with Crippen LogP contribution < -0.4 is 16.4 Å². The van der Waals surface area contributed by atoms with E-state index in [4.69, 9.17) is 11.5 Å². The van der Waals surface area contributed by atoms with Gasteiger partial charge in [0.2, 0.25) is 5.91 Å². The zero-order valence-corrected chi connectivity index (χ0v) is 11.5. The Morgan fingerprint density at radius 2 is 2.15 bits per heavy atom. The summed E-state index contributed by atoms with van der Waals surface area (Å²) in [5, 5.41) is 1.02. The highest BCUT2D eigenvalue weighted by Crippen LogP contribution is 2.38. The largest absolute Gasteiger partial charge is 0.396 e. The number of para-hydroxylation sites is 1. The van der Waals surface area contributed by atoms with Gasteiger partial charge in [-0.3, -0.25) is 9.78 Å². The van der Waals surface area contributed by atoms with Crippen molar-refractivity contribution >= 4 is 28.2 Å². The van der Waals surface area contributed by atoms with Gasteiger partial charge in [0.05, 0.1) is 28.5 Å². The van der Waals surface area contributed by atoms with E-state index in [2.05, 4.69) is 9.88 Å². The Hall–Kier alpha value is -2.30. The van der Waals surface area contributed by atoms with Crippen LogP contribution in [0.15, 0.2) is 30.5 Å². The Morgan fingerprint density at radius 3 is 2.85 bits per heavy atom. The first-order valence-corrected chi connectivity index (χ1v) is 6.69. The van der Waals surface area contributed by atoms with Crippen LogP contribution in [0.4, 0.5) is 11.4 Å². The van der Waals surface area contributed by atoms with Crippen LogP contribution in [-0.4, -0.2) is 24.0 Å². The molecular formula is C15H18N4O. The van der Waals surface area contributed by atoms with Gasteiger partial charge >= 0.3 is 0 Å². The highest BCUT2D eigenvalue weighted by molar-refractivity contribution is 5.98. The van der Waals surface area contributed by atoms with E-state index in [0.29, 0.717) is 12.2 Å². The number of primary amides is 1. The third-order valence-electron chi connectivity index (χ3n) is 4.16. The van der Waals surface area contributed by atoms with Gasteiger partial charge in [-0.1, -0.05) is 18.2 Å². The van der Waals surface area contributed by atoms with E-state index >= 15 is 0 Å². The molecule has 1 atom stereocenters. The number of pyridine rings is 1. The minimum atomic E-state index is -0.489. The number of amides is 1. The van der Waals surface area contributed by atoms with E-state index in [1.165, 1.54) is 0 Å². The molecule has 1 aromatic carbocycles. The summed E-state index contributed by atoms with van der Waals surface area (Å²) < 4.78 is 0. The molecule has 1 aliphatic heterocycles. The number of carbonyl (C=O) groups excluding carboxylic acids is 1. The van der Waals surface area contributed by atoms with Gasteiger partial charge in [-0.2, -0.15) is 0 Å². The van der Waals surface area contributed by atoms with E-state index in [1.807, 2.05) is 31.2 Å². The maximum Gasteiger partial charge on any atom is 0.225 e.